The first kappa shape index (κ1) is 24.1. The van der Waals surface area contributed by atoms with Crippen molar-refractivity contribution in [3.8, 4) is 5.75 Å². The third-order valence-corrected chi connectivity index (χ3v) is 8.10. The molecule has 182 valence electrons. The minimum absolute atomic E-state index is 0.0638. The standard InChI is InChI=1S/C28H25N3O3S2/c1-34-24-14-5-2-11-21(24)30-27(32)18-35-20-10-8-9-19(17-20)29-28(33)31-22-12-3-6-15-25(22)36-26-16-7-4-13-23(26)31/h2-17,22,25H,18H2,1H3,(H,29,33)(H,30,32). The van der Waals surface area contributed by atoms with E-state index >= 15 is 0 Å². The molecule has 36 heavy (non-hydrogen) atoms. The zero-order chi connectivity index (χ0) is 24.9. The van der Waals surface area contributed by atoms with Gasteiger partial charge >= 0.3 is 6.03 Å². The van der Waals surface area contributed by atoms with Gasteiger partial charge < -0.3 is 15.4 Å². The van der Waals surface area contributed by atoms with Crippen LogP contribution in [-0.2, 0) is 4.79 Å². The van der Waals surface area contributed by atoms with E-state index in [4.69, 9.17) is 4.74 Å². The number of rotatable bonds is 6. The number of nitrogens with one attached hydrogen (secondary N) is 2. The molecule has 0 aromatic heterocycles. The van der Waals surface area contributed by atoms with Crippen LogP contribution in [-0.4, -0.2) is 36.1 Å². The van der Waals surface area contributed by atoms with Crippen LogP contribution in [0.15, 0.2) is 107 Å². The molecule has 2 aliphatic rings. The van der Waals surface area contributed by atoms with Gasteiger partial charge in [0.05, 0.1) is 35.5 Å². The minimum atomic E-state index is -0.186. The molecule has 6 nitrogen and oxygen atoms in total. The summed E-state index contributed by atoms with van der Waals surface area (Å²) in [5.41, 5.74) is 2.22. The fourth-order valence-corrected chi connectivity index (χ4v) is 6.17. The summed E-state index contributed by atoms with van der Waals surface area (Å²) in [5, 5.41) is 6.11. The lowest BCUT2D eigenvalue weighted by atomic mass is 10.1. The van der Waals surface area contributed by atoms with Crippen molar-refractivity contribution < 1.29 is 14.3 Å². The summed E-state index contributed by atoms with van der Waals surface area (Å²) in [6.45, 7) is 0. The second kappa shape index (κ2) is 11.0. The molecular formula is C28H25N3O3S2. The molecule has 1 aliphatic heterocycles. The molecule has 2 unspecified atom stereocenters. The molecule has 5 rings (SSSR count). The number of ether oxygens (including phenoxy) is 1. The van der Waals surface area contributed by atoms with Crippen LogP contribution in [0.5, 0.6) is 5.75 Å². The molecule has 0 saturated carbocycles. The first-order chi connectivity index (χ1) is 17.6. The Kier molecular flexibility index (Phi) is 7.34. The highest BCUT2D eigenvalue weighted by atomic mass is 32.2. The Hall–Kier alpha value is -3.62. The number of amides is 3. The number of allylic oxidation sites excluding steroid dienone is 2. The van der Waals surface area contributed by atoms with Gasteiger partial charge in [-0.15, -0.1) is 23.5 Å². The van der Waals surface area contributed by atoms with Crippen molar-refractivity contribution in [1.82, 2.24) is 0 Å². The smallest absolute Gasteiger partial charge is 0.326 e. The van der Waals surface area contributed by atoms with Gasteiger partial charge in [-0.25, -0.2) is 4.79 Å². The van der Waals surface area contributed by atoms with Gasteiger partial charge in [0.1, 0.15) is 5.75 Å². The van der Waals surface area contributed by atoms with E-state index in [2.05, 4.69) is 28.9 Å². The fraction of sp³-hybridized carbons (Fsp3) is 0.143. The molecule has 1 heterocycles. The Morgan fingerprint density at radius 2 is 1.78 bits per heavy atom. The lowest BCUT2D eigenvalue weighted by Gasteiger charge is -2.40. The molecule has 1 aliphatic carbocycles. The van der Waals surface area contributed by atoms with Crippen molar-refractivity contribution >= 4 is 52.5 Å². The molecule has 2 N–H and O–H groups in total. The molecule has 0 fully saturated rings. The van der Waals surface area contributed by atoms with Gasteiger partial charge in [-0.05, 0) is 42.5 Å². The number of para-hydroxylation sites is 3. The number of nitrogens with zero attached hydrogens (tertiary/aromatic N) is 1. The highest BCUT2D eigenvalue weighted by Gasteiger charge is 2.36. The molecular weight excluding hydrogens is 490 g/mol. The SMILES string of the molecule is COc1ccccc1NC(=O)CSc1cccc(NC(=O)N2c3ccccc3SC3C=CC=CC32)c1. The van der Waals surface area contributed by atoms with Crippen LogP contribution < -0.4 is 20.3 Å². The summed E-state index contributed by atoms with van der Waals surface area (Å²) in [4.78, 5) is 29.8. The monoisotopic (exact) mass is 515 g/mol. The van der Waals surface area contributed by atoms with E-state index in [0.717, 1.165) is 15.5 Å². The molecule has 0 radical (unpaired) electrons. The average Bonchev–Trinajstić information content (AvgIpc) is 2.91. The predicted octanol–water partition coefficient (Wildman–Crippen LogP) is 6.43. The lowest BCUT2D eigenvalue weighted by molar-refractivity contribution is -0.113. The maximum absolute atomic E-state index is 13.5. The van der Waals surface area contributed by atoms with Crippen LogP contribution in [0.2, 0.25) is 0 Å². The molecule has 0 bridgehead atoms. The molecule has 0 spiro atoms. The third-order valence-electron chi connectivity index (χ3n) is 5.80. The number of hydrogen-bond acceptors (Lipinski definition) is 5. The first-order valence-electron chi connectivity index (χ1n) is 11.5. The summed E-state index contributed by atoms with van der Waals surface area (Å²) in [5.74, 6) is 0.709. The zero-order valence-electron chi connectivity index (χ0n) is 19.6. The number of benzene rings is 3. The Morgan fingerprint density at radius 1 is 0.972 bits per heavy atom. The van der Waals surface area contributed by atoms with Crippen molar-refractivity contribution in [1.29, 1.82) is 0 Å². The molecule has 3 aromatic carbocycles. The van der Waals surface area contributed by atoms with Crippen LogP contribution in [0, 0.1) is 0 Å². The molecule has 3 amide bonds. The van der Waals surface area contributed by atoms with E-state index in [9.17, 15) is 9.59 Å². The van der Waals surface area contributed by atoms with Gasteiger partial charge in [0.25, 0.3) is 0 Å². The summed E-state index contributed by atoms with van der Waals surface area (Å²) < 4.78 is 5.29. The average molecular weight is 516 g/mol. The number of urea groups is 1. The van der Waals surface area contributed by atoms with Crippen molar-refractivity contribution in [2.24, 2.45) is 0 Å². The fourth-order valence-electron chi connectivity index (χ4n) is 4.16. The van der Waals surface area contributed by atoms with Gasteiger partial charge in [-0.1, -0.05) is 54.6 Å². The second-order valence-corrected chi connectivity index (χ2v) is 10.4. The summed E-state index contributed by atoms with van der Waals surface area (Å²) in [6, 6.07) is 22.6. The zero-order valence-corrected chi connectivity index (χ0v) is 21.2. The van der Waals surface area contributed by atoms with Crippen molar-refractivity contribution in [3.63, 3.8) is 0 Å². The summed E-state index contributed by atoms with van der Waals surface area (Å²) in [7, 11) is 1.57. The summed E-state index contributed by atoms with van der Waals surface area (Å²) >= 11 is 3.18. The highest BCUT2D eigenvalue weighted by Crippen LogP contribution is 2.43. The highest BCUT2D eigenvalue weighted by molar-refractivity contribution is 8.00. The number of thioether (sulfide) groups is 2. The number of hydrogen-bond donors (Lipinski definition) is 2. The van der Waals surface area contributed by atoms with E-state index in [0.29, 0.717) is 17.1 Å². The van der Waals surface area contributed by atoms with Gasteiger partial charge in [-0.3, -0.25) is 9.69 Å². The van der Waals surface area contributed by atoms with Gasteiger partial charge in [-0.2, -0.15) is 0 Å². The van der Waals surface area contributed by atoms with Crippen LogP contribution in [0.25, 0.3) is 0 Å². The number of fused-ring (bicyclic) bond motifs is 2. The van der Waals surface area contributed by atoms with E-state index in [1.54, 1.807) is 31.0 Å². The van der Waals surface area contributed by atoms with Crippen LogP contribution in [0.1, 0.15) is 0 Å². The normalized spacial score (nSPS) is 17.6. The number of carbonyl (C=O) groups excluding carboxylic acids is 2. The quantitative estimate of drug-likeness (QED) is 0.370. The van der Waals surface area contributed by atoms with E-state index in [-0.39, 0.29) is 29.0 Å². The first-order valence-corrected chi connectivity index (χ1v) is 13.4. The Morgan fingerprint density at radius 3 is 2.67 bits per heavy atom. The Labute approximate surface area is 218 Å². The molecule has 2 atom stereocenters. The topological polar surface area (TPSA) is 70.7 Å². The number of anilines is 3. The number of carbonyl (C=O) groups is 2. The van der Waals surface area contributed by atoms with Crippen molar-refractivity contribution in [2.75, 3.05) is 28.4 Å². The predicted molar refractivity (Wildman–Crippen MR) is 148 cm³/mol. The lowest BCUT2D eigenvalue weighted by Crippen LogP contribution is -2.49. The third kappa shape index (κ3) is 5.29. The Bertz CT molecular complexity index is 1340. The largest absolute Gasteiger partial charge is 0.495 e. The second-order valence-electron chi connectivity index (χ2n) is 8.18. The molecule has 0 saturated heterocycles. The minimum Gasteiger partial charge on any atom is -0.495 e. The van der Waals surface area contributed by atoms with E-state index in [1.165, 1.54) is 11.8 Å². The summed E-state index contributed by atoms with van der Waals surface area (Å²) in [6.07, 6.45) is 8.23. The maximum atomic E-state index is 13.5. The molecule has 3 aromatic rings. The van der Waals surface area contributed by atoms with E-state index in [1.807, 2.05) is 71.6 Å². The van der Waals surface area contributed by atoms with Crippen molar-refractivity contribution in [2.45, 2.75) is 21.1 Å². The maximum Gasteiger partial charge on any atom is 0.326 e. The van der Waals surface area contributed by atoms with Gasteiger partial charge in [0.2, 0.25) is 5.91 Å². The van der Waals surface area contributed by atoms with Crippen LogP contribution in [0.3, 0.4) is 0 Å². The van der Waals surface area contributed by atoms with Crippen LogP contribution >= 0.6 is 23.5 Å². The van der Waals surface area contributed by atoms with E-state index < -0.39 is 0 Å². The van der Waals surface area contributed by atoms with Crippen molar-refractivity contribution in [3.05, 3.63) is 97.1 Å². The van der Waals surface area contributed by atoms with Gasteiger partial charge in [0.15, 0.2) is 0 Å². The number of methoxy groups -OCH3 is 1. The Balaban J connectivity index is 1.26. The van der Waals surface area contributed by atoms with Crippen LogP contribution in [0.4, 0.5) is 21.9 Å². The van der Waals surface area contributed by atoms with Gasteiger partial charge in [0, 0.05) is 15.5 Å². The molecule has 8 heteroatoms.